The molecule has 3 atom stereocenters. The van der Waals surface area contributed by atoms with Gasteiger partial charge < -0.3 is 10.1 Å². The molecule has 0 radical (unpaired) electrons. The number of hydrazone groups is 1. The Morgan fingerprint density at radius 3 is 2.76 bits per heavy atom. The van der Waals surface area contributed by atoms with E-state index in [9.17, 15) is 10.1 Å². The van der Waals surface area contributed by atoms with E-state index < -0.39 is 5.41 Å². The molecule has 1 saturated heterocycles. The zero-order valence-electron chi connectivity index (χ0n) is 21.8. The molecule has 1 fully saturated rings. The lowest BCUT2D eigenvalue weighted by molar-refractivity contribution is -0.131. The Morgan fingerprint density at radius 1 is 1.22 bits per heavy atom. The largest absolute Gasteiger partial charge is 0.380 e. The van der Waals surface area contributed by atoms with Crippen molar-refractivity contribution in [3.8, 4) is 6.07 Å². The number of carbonyl (C=O) groups excluding carboxylic acids is 1. The van der Waals surface area contributed by atoms with Gasteiger partial charge in [-0.2, -0.15) is 10.4 Å². The number of aliphatic imine (C=N–C) groups is 1. The molecule has 1 amide bonds. The van der Waals surface area contributed by atoms with E-state index in [1.165, 1.54) is 0 Å². The Morgan fingerprint density at radius 2 is 2.03 bits per heavy atom. The number of hydrogen-bond donors (Lipinski definition) is 1. The summed E-state index contributed by atoms with van der Waals surface area (Å²) < 4.78 is 5.54. The number of anilines is 2. The number of rotatable bonds is 6. The number of aryl methyl sites for hydroxylation is 1. The number of allylic oxidation sites excluding steroid dienone is 1. The predicted octanol–water partition coefficient (Wildman–Crippen LogP) is 5.34. The maximum Gasteiger partial charge on any atom is 0.255 e. The minimum Gasteiger partial charge on any atom is -0.380 e. The van der Waals surface area contributed by atoms with Gasteiger partial charge in [0.05, 0.1) is 36.9 Å². The highest BCUT2D eigenvalue weighted by atomic mass is 16.5. The lowest BCUT2D eigenvalue weighted by Gasteiger charge is -2.47. The fourth-order valence-electron chi connectivity index (χ4n) is 5.33. The number of nitrogens with zero attached hydrogens (tertiary/aromatic N) is 4. The van der Waals surface area contributed by atoms with Crippen LogP contribution in [-0.4, -0.2) is 38.1 Å². The quantitative estimate of drug-likeness (QED) is 0.586. The number of ether oxygens (including phenoxy) is 1. The summed E-state index contributed by atoms with van der Waals surface area (Å²) in [5.41, 5.74) is 3.55. The lowest BCUT2D eigenvalue weighted by Crippen LogP contribution is -2.50. The van der Waals surface area contributed by atoms with Gasteiger partial charge in [0.15, 0.2) is 0 Å². The number of nitriles is 1. The summed E-state index contributed by atoms with van der Waals surface area (Å²) >= 11 is 0. The third-order valence-corrected chi connectivity index (χ3v) is 7.87. The second kappa shape index (κ2) is 9.60. The Kier molecular flexibility index (Phi) is 6.47. The smallest absolute Gasteiger partial charge is 0.255 e. The molecular weight excluding hydrogens is 462 g/mol. The minimum atomic E-state index is -0.668. The van der Waals surface area contributed by atoms with Gasteiger partial charge in [0.2, 0.25) is 0 Å². The molecule has 37 heavy (non-hydrogen) atoms. The molecule has 0 spiro atoms. The van der Waals surface area contributed by atoms with Crippen molar-refractivity contribution in [2.24, 2.45) is 33.3 Å². The fourth-order valence-corrected chi connectivity index (χ4v) is 5.33. The second-order valence-corrected chi connectivity index (χ2v) is 11.2. The van der Waals surface area contributed by atoms with E-state index >= 15 is 0 Å². The molecular formula is C30H33N5O2. The van der Waals surface area contributed by atoms with Gasteiger partial charge in [0.1, 0.15) is 0 Å². The Bertz CT molecular complexity index is 1330. The van der Waals surface area contributed by atoms with Crippen LogP contribution < -0.4 is 10.3 Å². The Balaban J connectivity index is 1.31. The van der Waals surface area contributed by atoms with Crippen LogP contribution in [0.2, 0.25) is 0 Å². The third kappa shape index (κ3) is 4.82. The molecule has 190 valence electrons. The molecule has 7 heteroatoms. The van der Waals surface area contributed by atoms with Crippen LogP contribution in [0.3, 0.4) is 0 Å². The van der Waals surface area contributed by atoms with Crippen molar-refractivity contribution in [3.05, 3.63) is 71.4 Å². The van der Waals surface area contributed by atoms with Crippen LogP contribution in [0, 0.1) is 41.4 Å². The summed E-state index contributed by atoms with van der Waals surface area (Å²) in [6, 6.07) is 15.4. The van der Waals surface area contributed by atoms with Gasteiger partial charge in [-0.3, -0.25) is 14.8 Å². The van der Waals surface area contributed by atoms with Crippen molar-refractivity contribution in [1.82, 2.24) is 0 Å². The van der Waals surface area contributed by atoms with Crippen LogP contribution in [0.1, 0.15) is 42.3 Å². The van der Waals surface area contributed by atoms with Crippen molar-refractivity contribution >= 4 is 29.7 Å². The Labute approximate surface area is 218 Å². The molecule has 2 aromatic carbocycles. The van der Waals surface area contributed by atoms with Crippen LogP contribution in [-0.2, 0) is 10.2 Å². The zero-order valence-corrected chi connectivity index (χ0v) is 21.8. The number of benzene rings is 2. The summed E-state index contributed by atoms with van der Waals surface area (Å²) in [5, 5.41) is 19.3. The molecule has 3 aliphatic heterocycles. The SMILES string of the molecule is Cc1ccc(NC(=O)c2cccc(C(C)(C)C#N)c2)cc1N1CC(C2C=NC=CC2C2(C)COC2)C=N1. The fraction of sp³-hybridized carbons (Fsp3) is 0.400. The van der Waals surface area contributed by atoms with Crippen LogP contribution >= 0.6 is 0 Å². The first kappa shape index (κ1) is 24.9. The van der Waals surface area contributed by atoms with Crippen LogP contribution in [0.15, 0.2) is 64.8 Å². The average molecular weight is 496 g/mol. The zero-order chi connectivity index (χ0) is 26.2. The molecule has 3 heterocycles. The van der Waals surface area contributed by atoms with Crippen LogP contribution in [0.25, 0.3) is 0 Å². The number of hydrogen-bond acceptors (Lipinski definition) is 6. The predicted molar refractivity (Wildman–Crippen MR) is 147 cm³/mol. The van der Waals surface area contributed by atoms with E-state index in [0.29, 0.717) is 17.2 Å². The van der Waals surface area contributed by atoms with Gasteiger partial charge in [-0.05, 0) is 62.1 Å². The van der Waals surface area contributed by atoms with Gasteiger partial charge in [-0.1, -0.05) is 31.2 Å². The van der Waals surface area contributed by atoms with Crippen molar-refractivity contribution in [2.45, 2.75) is 33.1 Å². The van der Waals surface area contributed by atoms with Crippen molar-refractivity contribution < 1.29 is 9.53 Å². The maximum atomic E-state index is 13.1. The van der Waals surface area contributed by atoms with Crippen molar-refractivity contribution in [3.63, 3.8) is 0 Å². The van der Waals surface area contributed by atoms with Crippen LogP contribution in [0.4, 0.5) is 11.4 Å². The first-order chi connectivity index (χ1) is 17.7. The number of nitrogens with one attached hydrogen (secondary N) is 1. The second-order valence-electron chi connectivity index (χ2n) is 11.2. The van der Waals surface area contributed by atoms with E-state index in [1.54, 1.807) is 12.1 Å². The van der Waals surface area contributed by atoms with E-state index in [4.69, 9.17) is 9.84 Å². The van der Waals surface area contributed by atoms with Crippen molar-refractivity contribution in [2.75, 3.05) is 30.1 Å². The highest BCUT2D eigenvalue weighted by Crippen LogP contribution is 2.44. The van der Waals surface area contributed by atoms with Gasteiger partial charge in [-0.25, -0.2) is 0 Å². The molecule has 5 rings (SSSR count). The minimum absolute atomic E-state index is 0.134. The third-order valence-electron chi connectivity index (χ3n) is 7.87. The first-order valence-corrected chi connectivity index (χ1v) is 12.7. The van der Waals surface area contributed by atoms with E-state index in [1.807, 2.05) is 61.6 Å². The van der Waals surface area contributed by atoms with E-state index in [0.717, 1.165) is 36.6 Å². The summed E-state index contributed by atoms with van der Waals surface area (Å²) in [6.07, 6.45) is 8.23. The first-order valence-electron chi connectivity index (χ1n) is 12.7. The monoisotopic (exact) mass is 495 g/mol. The molecule has 0 aromatic heterocycles. The summed E-state index contributed by atoms with van der Waals surface area (Å²) in [4.78, 5) is 17.5. The molecule has 0 saturated carbocycles. The normalized spacial score (nSPS) is 24.0. The van der Waals surface area contributed by atoms with Crippen LogP contribution in [0.5, 0.6) is 0 Å². The lowest BCUT2D eigenvalue weighted by atomic mass is 9.65. The van der Waals surface area contributed by atoms with Gasteiger partial charge in [0.25, 0.3) is 5.91 Å². The maximum absolute atomic E-state index is 13.1. The van der Waals surface area contributed by atoms with E-state index in [-0.39, 0.29) is 23.2 Å². The highest BCUT2D eigenvalue weighted by molar-refractivity contribution is 6.04. The number of amides is 1. The summed E-state index contributed by atoms with van der Waals surface area (Å²) in [7, 11) is 0. The van der Waals surface area contributed by atoms with Gasteiger partial charge in [-0.15, -0.1) is 0 Å². The molecule has 3 aliphatic rings. The topological polar surface area (TPSA) is 90.1 Å². The molecule has 3 unspecified atom stereocenters. The molecule has 0 aliphatic carbocycles. The summed E-state index contributed by atoms with van der Waals surface area (Å²) in [6.45, 7) is 10.3. The van der Waals surface area contributed by atoms with Gasteiger partial charge >= 0.3 is 0 Å². The number of carbonyl (C=O) groups is 1. The standard InChI is InChI=1S/C30H33N5O2/c1-20-8-9-24(34-28(36)21-6-5-7-23(12-21)29(2,3)17-31)13-27(20)35-16-22(14-33-35)25-15-32-11-10-26(25)30(4)18-37-19-30/h5-15,22,25-26H,16,18-19H2,1-4H3,(H,34,36). The summed E-state index contributed by atoms with van der Waals surface area (Å²) in [5.74, 6) is 0.654. The highest BCUT2D eigenvalue weighted by Gasteiger charge is 2.46. The van der Waals surface area contributed by atoms with Gasteiger partial charge in [0, 0.05) is 47.1 Å². The average Bonchev–Trinajstić information content (AvgIpc) is 3.38. The van der Waals surface area contributed by atoms with E-state index in [2.05, 4.69) is 42.5 Å². The molecule has 0 bridgehead atoms. The molecule has 2 aromatic rings. The van der Waals surface area contributed by atoms with Crippen molar-refractivity contribution in [1.29, 1.82) is 5.26 Å². The Hall–Kier alpha value is -3.76. The molecule has 1 N–H and O–H groups in total. The molecule has 7 nitrogen and oxygen atoms in total.